The Labute approximate surface area is 138 Å². The van der Waals surface area contributed by atoms with Crippen LogP contribution in [0.15, 0.2) is 84.9 Å². The summed E-state index contributed by atoms with van der Waals surface area (Å²) in [4.78, 5) is 11.9. The lowest BCUT2D eigenvalue weighted by Gasteiger charge is -2.17. The van der Waals surface area contributed by atoms with Crippen LogP contribution >= 0.6 is 0 Å². The van der Waals surface area contributed by atoms with E-state index in [0.29, 0.717) is 5.56 Å². The van der Waals surface area contributed by atoms with Crippen LogP contribution in [0.25, 0.3) is 0 Å². The maximum Gasteiger partial charge on any atom is 0.337 e. The van der Waals surface area contributed by atoms with Crippen LogP contribution in [0.3, 0.4) is 0 Å². The van der Waals surface area contributed by atoms with Crippen molar-refractivity contribution in [3.05, 3.63) is 90.5 Å². The molecule has 0 aliphatic carbocycles. The van der Waals surface area contributed by atoms with Gasteiger partial charge in [-0.1, -0.05) is 83.2 Å². The van der Waals surface area contributed by atoms with Gasteiger partial charge in [-0.15, -0.1) is 0 Å². The van der Waals surface area contributed by atoms with Crippen molar-refractivity contribution in [1.82, 2.24) is 0 Å². The molecule has 0 amide bonds. The summed E-state index contributed by atoms with van der Waals surface area (Å²) < 4.78 is 4.85. The Balaban J connectivity index is 2.11. The minimum atomic E-state index is -1.15. The lowest BCUT2D eigenvalue weighted by atomic mass is 10.2. The molecule has 0 saturated carbocycles. The Morgan fingerprint density at radius 3 is 1.78 bits per heavy atom. The number of rotatable bonds is 4. The average Bonchev–Trinajstić information content (AvgIpc) is 2.63. The van der Waals surface area contributed by atoms with E-state index < -0.39 is 8.80 Å². The summed E-state index contributed by atoms with van der Waals surface area (Å²) in [5.41, 5.74) is 0.597. The summed E-state index contributed by atoms with van der Waals surface area (Å²) >= 11 is 0. The lowest BCUT2D eigenvalue weighted by Crippen LogP contribution is -2.52. The summed E-state index contributed by atoms with van der Waals surface area (Å²) in [7, 11) is 0.264. The Morgan fingerprint density at radius 1 is 0.739 bits per heavy atom. The minimum Gasteiger partial charge on any atom is -0.465 e. The van der Waals surface area contributed by atoms with Crippen molar-refractivity contribution in [1.29, 1.82) is 0 Å². The van der Waals surface area contributed by atoms with E-state index in [2.05, 4.69) is 54.6 Å². The van der Waals surface area contributed by atoms with Crippen LogP contribution in [0.4, 0.5) is 0 Å². The second kappa shape index (κ2) is 7.07. The molecule has 0 aromatic heterocycles. The van der Waals surface area contributed by atoms with E-state index in [4.69, 9.17) is 4.74 Å². The normalized spacial score (nSPS) is 10.5. The zero-order chi connectivity index (χ0) is 16.1. The fourth-order valence-corrected chi connectivity index (χ4v) is 5.24. The van der Waals surface area contributed by atoms with Crippen molar-refractivity contribution >= 4 is 30.3 Å². The number of carbonyl (C=O) groups is 1. The number of esters is 1. The van der Waals surface area contributed by atoms with E-state index in [-0.39, 0.29) is 5.97 Å². The van der Waals surface area contributed by atoms with Gasteiger partial charge in [0.05, 0.1) is 12.7 Å². The van der Waals surface area contributed by atoms with Crippen LogP contribution in [0.5, 0.6) is 0 Å². The predicted octanol–water partition coefficient (Wildman–Crippen LogP) is 1.99. The molecule has 2 nitrogen and oxygen atoms in total. The van der Waals surface area contributed by atoms with Crippen molar-refractivity contribution in [2.24, 2.45) is 0 Å². The third-order valence-electron chi connectivity index (χ3n) is 3.70. The van der Waals surface area contributed by atoms with Crippen LogP contribution in [-0.4, -0.2) is 21.9 Å². The smallest absolute Gasteiger partial charge is 0.337 e. The first-order chi connectivity index (χ1) is 11.3. The van der Waals surface area contributed by atoms with E-state index in [1.165, 1.54) is 22.7 Å². The molecular formula is C20H17O2Si. The minimum absolute atomic E-state index is 0.297. The molecule has 23 heavy (non-hydrogen) atoms. The van der Waals surface area contributed by atoms with Gasteiger partial charge in [-0.3, -0.25) is 0 Å². The maximum atomic E-state index is 11.9. The highest BCUT2D eigenvalue weighted by molar-refractivity contribution is 6.95. The van der Waals surface area contributed by atoms with E-state index in [1.54, 1.807) is 6.07 Å². The Morgan fingerprint density at radius 2 is 1.26 bits per heavy atom. The number of benzene rings is 3. The van der Waals surface area contributed by atoms with Crippen LogP contribution in [0.2, 0.25) is 0 Å². The van der Waals surface area contributed by atoms with Crippen LogP contribution in [-0.2, 0) is 4.74 Å². The molecule has 0 saturated heterocycles. The summed E-state index contributed by atoms with van der Waals surface area (Å²) in [6, 6.07) is 28.7. The largest absolute Gasteiger partial charge is 0.465 e. The quantitative estimate of drug-likeness (QED) is 0.418. The average molecular weight is 317 g/mol. The van der Waals surface area contributed by atoms with Crippen LogP contribution < -0.4 is 15.6 Å². The van der Waals surface area contributed by atoms with Gasteiger partial charge >= 0.3 is 5.97 Å². The molecule has 0 unspecified atom stereocenters. The van der Waals surface area contributed by atoms with Crippen molar-refractivity contribution in [2.75, 3.05) is 7.11 Å². The van der Waals surface area contributed by atoms with Gasteiger partial charge in [0.25, 0.3) is 0 Å². The number of hydrogen-bond donors (Lipinski definition) is 0. The van der Waals surface area contributed by atoms with Gasteiger partial charge in [0.1, 0.15) is 0 Å². The Bertz CT molecular complexity index is 746. The number of hydrogen-bond acceptors (Lipinski definition) is 2. The molecule has 0 bridgehead atoms. The van der Waals surface area contributed by atoms with Gasteiger partial charge < -0.3 is 4.74 Å². The molecule has 3 heteroatoms. The third-order valence-corrected chi connectivity index (χ3v) is 6.41. The molecule has 0 atom stereocenters. The first-order valence-electron chi connectivity index (χ1n) is 7.46. The van der Waals surface area contributed by atoms with Gasteiger partial charge in [-0.2, -0.15) is 0 Å². The molecule has 0 fully saturated rings. The lowest BCUT2D eigenvalue weighted by molar-refractivity contribution is 0.0601. The molecule has 113 valence electrons. The standard InChI is InChI=1S/C20H17O2Si/c1-22-20(21)16-9-8-14-19(15-16)23(17-10-4-2-5-11-17)18-12-6-3-7-13-18/h2-15H,1H3. The monoisotopic (exact) mass is 317 g/mol. The fourth-order valence-electron chi connectivity index (χ4n) is 2.63. The van der Waals surface area contributed by atoms with Gasteiger partial charge in [0, 0.05) is 0 Å². The van der Waals surface area contributed by atoms with E-state index >= 15 is 0 Å². The van der Waals surface area contributed by atoms with E-state index in [0.717, 1.165) is 0 Å². The summed E-state index contributed by atoms with van der Waals surface area (Å²) in [6.45, 7) is 0. The molecule has 3 rings (SSSR count). The highest BCUT2D eigenvalue weighted by Crippen LogP contribution is 2.02. The molecule has 1 radical (unpaired) electrons. The van der Waals surface area contributed by atoms with Crippen molar-refractivity contribution in [2.45, 2.75) is 0 Å². The second-order valence-electron chi connectivity index (χ2n) is 5.18. The van der Waals surface area contributed by atoms with Crippen molar-refractivity contribution < 1.29 is 9.53 Å². The zero-order valence-corrected chi connectivity index (χ0v) is 13.9. The first kappa shape index (κ1) is 15.3. The van der Waals surface area contributed by atoms with Gasteiger partial charge in [0.2, 0.25) is 0 Å². The highest BCUT2D eigenvalue weighted by atomic mass is 28.3. The molecule has 3 aromatic carbocycles. The number of ether oxygens (including phenoxy) is 1. The van der Waals surface area contributed by atoms with Crippen LogP contribution in [0, 0.1) is 0 Å². The molecule has 0 aliphatic heterocycles. The Hall–Kier alpha value is -2.65. The van der Waals surface area contributed by atoms with Gasteiger partial charge in [-0.25, -0.2) is 4.79 Å². The molecule has 3 aromatic rings. The van der Waals surface area contributed by atoms with Crippen molar-refractivity contribution in [3.63, 3.8) is 0 Å². The predicted molar refractivity (Wildman–Crippen MR) is 95.3 cm³/mol. The first-order valence-corrected chi connectivity index (χ1v) is 8.96. The second-order valence-corrected chi connectivity index (χ2v) is 7.66. The van der Waals surface area contributed by atoms with Crippen LogP contribution in [0.1, 0.15) is 10.4 Å². The molecule has 0 spiro atoms. The maximum absolute atomic E-state index is 11.9. The number of carbonyl (C=O) groups excluding carboxylic acids is 1. The molecule has 0 N–H and O–H groups in total. The fraction of sp³-hybridized carbons (Fsp3) is 0.0500. The zero-order valence-electron chi connectivity index (χ0n) is 12.9. The van der Waals surface area contributed by atoms with Gasteiger partial charge in [-0.05, 0) is 17.3 Å². The SMILES string of the molecule is COC(=O)c1cccc([Si](c2ccccc2)c2ccccc2)c1. The highest BCUT2D eigenvalue weighted by Gasteiger charge is 2.20. The molecule has 0 heterocycles. The van der Waals surface area contributed by atoms with E-state index in [1.807, 2.05) is 24.3 Å². The third kappa shape index (κ3) is 3.41. The number of methoxy groups -OCH3 is 1. The van der Waals surface area contributed by atoms with Crippen molar-refractivity contribution in [3.8, 4) is 0 Å². The summed E-state index contributed by atoms with van der Waals surface area (Å²) in [5.74, 6) is -0.297. The summed E-state index contributed by atoms with van der Waals surface area (Å²) in [6.07, 6.45) is 0. The molecule has 0 aliphatic rings. The molecular weight excluding hydrogens is 300 g/mol. The van der Waals surface area contributed by atoms with E-state index in [9.17, 15) is 4.79 Å². The van der Waals surface area contributed by atoms with Gasteiger partial charge in [0.15, 0.2) is 8.80 Å². The topological polar surface area (TPSA) is 26.3 Å². The summed E-state index contributed by atoms with van der Waals surface area (Å²) in [5, 5.41) is 3.77. The Kier molecular flexibility index (Phi) is 4.69.